The number of ether oxygens (including phenoxy) is 1. The molecule has 0 aliphatic carbocycles. The Morgan fingerprint density at radius 2 is 1.56 bits per heavy atom. The molecule has 41 heavy (non-hydrogen) atoms. The first-order chi connectivity index (χ1) is 19.3. The van der Waals surface area contributed by atoms with E-state index in [1.165, 1.54) is 12.5 Å². The maximum Gasteiger partial charge on any atom is 0.321 e. The number of hydrogen-bond donors (Lipinski definition) is 2. The average Bonchev–Trinajstić information content (AvgIpc) is 3.40. The Morgan fingerprint density at radius 3 is 2.12 bits per heavy atom. The zero-order valence-corrected chi connectivity index (χ0v) is 24.1. The van der Waals surface area contributed by atoms with E-state index in [9.17, 15) is 24.6 Å². The molecular weight excluding hydrogens is 526 g/mol. The molecule has 2 aromatic carbocycles. The first-order valence-corrected chi connectivity index (χ1v) is 13.8. The van der Waals surface area contributed by atoms with Gasteiger partial charge in [-0.25, -0.2) is 0 Å². The summed E-state index contributed by atoms with van der Waals surface area (Å²) in [6.07, 6.45) is -0.0143. The first-order valence-electron chi connectivity index (χ1n) is 13.8. The minimum atomic E-state index is -1.96. The quantitative estimate of drug-likeness (QED) is 0.254. The van der Waals surface area contributed by atoms with Crippen LogP contribution in [0.3, 0.4) is 0 Å². The Bertz CT molecular complexity index is 1380. The summed E-state index contributed by atoms with van der Waals surface area (Å²) in [4.78, 5) is 42.5. The van der Waals surface area contributed by atoms with Crippen molar-refractivity contribution in [3.05, 3.63) is 59.7 Å². The van der Waals surface area contributed by atoms with Crippen molar-refractivity contribution in [2.75, 3.05) is 6.54 Å². The maximum atomic E-state index is 12.1. The van der Waals surface area contributed by atoms with Crippen LogP contribution in [0, 0.1) is 11.3 Å². The zero-order valence-electron chi connectivity index (χ0n) is 24.1. The van der Waals surface area contributed by atoms with E-state index < -0.39 is 35.0 Å². The first kappa shape index (κ1) is 29.9. The highest BCUT2D eigenvalue weighted by Crippen LogP contribution is 2.44. The van der Waals surface area contributed by atoms with Crippen LogP contribution in [0.4, 0.5) is 0 Å². The molecule has 2 N–H and O–H groups in total. The molecule has 0 saturated carbocycles. The lowest BCUT2D eigenvalue weighted by Gasteiger charge is -2.52. The van der Waals surface area contributed by atoms with Crippen molar-refractivity contribution in [3.63, 3.8) is 0 Å². The van der Waals surface area contributed by atoms with Crippen molar-refractivity contribution < 1.29 is 33.9 Å². The summed E-state index contributed by atoms with van der Waals surface area (Å²) in [6.45, 7) is 9.67. The van der Waals surface area contributed by atoms with Crippen LogP contribution in [0.1, 0.15) is 58.6 Å². The monoisotopic (exact) mass is 563 g/mol. The molecule has 0 radical (unpaired) electrons. The molecule has 2 unspecified atom stereocenters. The van der Waals surface area contributed by atoms with Crippen LogP contribution in [0.2, 0.25) is 0 Å². The zero-order chi connectivity index (χ0) is 29.9. The van der Waals surface area contributed by atoms with Crippen LogP contribution in [0.25, 0.3) is 22.8 Å². The van der Waals surface area contributed by atoms with Gasteiger partial charge in [-0.3, -0.25) is 19.3 Å². The van der Waals surface area contributed by atoms with Gasteiger partial charge >= 0.3 is 17.9 Å². The highest BCUT2D eigenvalue weighted by molar-refractivity contribution is 5.98. The summed E-state index contributed by atoms with van der Waals surface area (Å²) in [7, 11) is 0. The number of carboxylic acids is 2. The molecule has 218 valence electrons. The summed E-state index contributed by atoms with van der Waals surface area (Å²) >= 11 is 0. The number of likely N-dealkylation sites (tertiary alicyclic amines) is 1. The van der Waals surface area contributed by atoms with Gasteiger partial charge in [-0.1, -0.05) is 55.4 Å². The molecule has 4 rings (SSSR count). The van der Waals surface area contributed by atoms with Gasteiger partial charge in [0.2, 0.25) is 5.82 Å². The van der Waals surface area contributed by atoms with Crippen molar-refractivity contribution >= 4 is 17.9 Å². The molecule has 10 heteroatoms. The number of aliphatic carboxylic acids is 2. The number of esters is 1. The molecule has 0 spiro atoms. The van der Waals surface area contributed by atoms with E-state index in [-0.39, 0.29) is 19.4 Å². The van der Waals surface area contributed by atoms with Crippen LogP contribution in [-0.4, -0.2) is 61.3 Å². The fraction of sp³-hybridized carbons (Fsp3) is 0.452. The number of hydrogen-bond acceptors (Lipinski definition) is 8. The summed E-state index contributed by atoms with van der Waals surface area (Å²) in [5, 5.41) is 23.9. The molecule has 1 aromatic heterocycles. The molecule has 1 aliphatic heterocycles. The van der Waals surface area contributed by atoms with Crippen LogP contribution in [-0.2, 0) is 32.1 Å². The largest absolute Gasteiger partial charge is 0.480 e. The van der Waals surface area contributed by atoms with Gasteiger partial charge in [-0.2, -0.15) is 4.98 Å². The molecule has 1 saturated heterocycles. The maximum absolute atomic E-state index is 12.1. The van der Waals surface area contributed by atoms with E-state index in [1.807, 2.05) is 41.3 Å². The van der Waals surface area contributed by atoms with Crippen molar-refractivity contribution in [1.82, 2.24) is 15.0 Å². The second-order valence-electron chi connectivity index (χ2n) is 11.6. The predicted molar refractivity (Wildman–Crippen MR) is 151 cm³/mol. The third kappa shape index (κ3) is 6.32. The molecule has 0 amide bonds. The number of aromatic nitrogens is 2. The van der Waals surface area contributed by atoms with Gasteiger partial charge < -0.3 is 19.5 Å². The third-order valence-electron chi connectivity index (χ3n) is 8.08. The van der Waals surface area contributed by atoms with Crippen molar-refractivity contribution in [2.45, 2.75) is 72.1 Å². The Labute approximate surface area is 239 Å². The molecule has 2 heterocycles. The van der Waals surface area contributed by atoms with Gasteiger partial charge in [-0.05, 0) is 62.3 Å². The standard InChI is InChI=1S/C31H37N3O7/c1-19(2)16-22-6-12-25(13-7-22)27-32-26(33-41-27)24-10-8-23(9-11-24)17-34-15-14-31(28(36)37,29(38)39)18-30(34,5)20(3)40-21(4)35/h6-13,19-20H,14-18H2,1-5H3,(H,36,37)(H,38,39). The summed E-state index contributed by atoms with van der Waals surface area (Å²) in [5.41, 5.74) is 0.783. The van der Waals surface area contributed by atoms with Crippen molar-refractivity contribution in [2.24, 2.45) is 11.3 Å². The van der Waals surface area contributed by atoms with Gasteiger partial charge in [0.05, 0.1) is 5.54 Å². The van der Waals surface area contributed by atoms with E-state index in [0.717, 1.165) is 23.1 Å². The Balaban J connectivity index is 1.52. The number of carbonyl (C=O) groups excluding carboxylic acids is 1. The smallest absolute Gasteiger partial charge is 0.321 e. The average molecular weight is 564 g/mol. The van der Waals surface area contributed by atoms with Gasteiger partial charge in [-0.15, -0.1) is 0 Å². The highest BCUT2D eigenvalue weighted by atomic mass is 16.5. The van der Waals surface area contributed by atoms with E-state index >= 15 is 0 Å². The van der Waals surface area contributed by atoms with Gasteiger partial charge in [0.1, 0.15) is 6.10 Å². The Kier molecular flexibility index (Phi) is 8.63. The summed E-state index contributed by atoms with van der Waals surface area (Å²) < 4.78 is 11.0. The van der Waals surface area contributed by atoms with Gasteiger partial charge in [0.25, 0.3) is 5.89 Å². The van der Waals surface area contributed by atoms with Crippen LogP contribution >= 0.6 is 0 Å². The molecule has 3 aromatic rings. The second kappa shape index (κ2) is 11.8. The van der Waals surface area contributed by atoms with Gasteiger partial charge in [0, 0.05) is 31.1 Å². The number of carbonyl (C=O) groups is 3. The molecule has 10 nitrogen and oxygen atoms in total. The number of rotatable bonds is 10. The summed E-state index contributed by atoms with van der Waals surface area (Å²) in [5.74, 6) is -1.83. The Hall–Kier alpha value is -4.05. The van der Waals surface area contributed by atoms with Crippen molar-refractivity contribution in [3.8, 4) is 22.8 Å². The SMILES string of the molecule is CC(=O)OC(C)C1(C)CC(C(=O)O)(C(=O)O)CCN1Cc1ccc(-c2noc(-c3ccc(CC(C)C)cc3)n2)cc1. The van der Waals surface area contributed by atoms with E-state index in [0.29, 0.717) is 24.2 Å². The minimum absolute atomic E-state index is 0.0672. The molecule has 1 fully saturated rings. The van der Waals surface area contributed by atoms with Crippen LogP contribution < -0.4 is 0 Å². The predicted octanol–water partition coefficient (Wildman–Crippen LogP) is 5.06. The number of carboxylic acid groups (broad SMARTS) is 2. The molecule has 2 atom stereocenters. The summed E-state index contributed by atoms with van der Waals surface area (Å²) in [6, 6.07) is 15.7. The lowest BCUT2D eigenvalue weighted by atomic mass is 9.68. The number of nitrogens with zero attached hydrogens (tertiary/aromatic N) is 3. The fourth-order valence-corrected chi connectivity index (χ4v) is 5.58. The van der Waals surface area contributed by atoms with E-state index in [2.05, 4.69) is 36.1 Å². The molecule has 1 aliphatic rings. The van der Waals surface area contributed by atoms with E-state index in [1.54, 1.807) is 13.8 Å². The number of benzene rings is 2. The van der Waals surface area contributed by atoms with Crippen LogP contribution in [0.5, 0.6) is 0 Å². The number of piperidine rings is 1. The van der Waals surface area contributed by atoms with Crippen LogP contribution in [0.15, 0.2) is 53.1 Å². The third-order valence-corrected chi connectivity index (χ3v) is 8.08. The molecular formula is C31H37N3O7. The van der Waals surface area contributed by atoms with E-state index in [4.69, 9.17) is 9.26 Å². The minimum Gasteiger partial charge on any atom is -0.480 e. The lowest BCUT2D eigenvalue weighted by molar-refractivity contribution is -0.181. The Morgan fingerprint density at radius 1 is 0.976 bits per heavy atom. The van der Waals surface area contributed by atoms with Crippen molar-refractivity contribution in [1.29, 1.82) is 0 Å². The second-order valence-corrected chi connectivity index (χ2v) is 11.6. The normalized spacial score (nSPS) is 19.6. The fourth-order valence-electron chi connectivity index (χ4n) is 5.58. The molecule has 0 bridgehead atoms. The highest BCUT2D eigenvalue weighted by Gasteiger charge is 2.58. The van der Waals surface area contributed by atoms with Gasteiger partial charge in [0.15, 0.2) is 5.41 Å². The topological polar surface area (TPSA) is 143 Å². The lowest BCUT2D eigenvalue weighted by Crippen LogP contribution is -2.64.